The molecule has 1 atom stereocenters. The van der Waals surface area contributed by atoms with Gasteiger partial charge in [0.1, 0.15) is 10.8 Å². The first kappa shape index (κ1) is 28.2. The van der Waals surface area contributed by atoms with Crippen molar-refractivity contribution in [3.8, 4) is 16.3 Å². The third-order valence-corrected chi connectivity index (χ3v) is 8.73. The molecular weight excluding hydrogens is 599 g/mol. The highest BCUT2D eigenvalue weighted by Crippen LogP contribution is 2.40. The van der Waals surface area contributed by atoms with E-state index in [0.717, 1.165) is 43.2 Å². The van der Waals surface area contributed by atoms with Gasteiger partial charge in [0, 0.05) is 31.5 Å². The molecule has 10 heteroatoms. The molecule has 1 unspecified atom stereocenters. The van der Waals surface area contributed by atoms with Crippen LogP contribution in [-0.2, 0) is 11.0 Å². The van der Waals surface area contributed by atoms with Gasteiger partial charge in [-0.1, -0.05) is 40.2 Å². The Morgan fingerprint density at radius 1 is 1.08 bits per heavy atom. The van der Waals surface area contributed by atoms with Gasteiger partial charge in [0.05, 0.1) is 11.3 Å². The van der Waals surface area contributed by atoms with Crippen LogP contribution in [0.1, 0.15) is 33.2 Å². The minimum absolute atomic E-state index is 0.00274. The number of aryl methyl sites for hydroxylation is 2. The third kappa shape index (κ3) is 6.98. The largest absolute Gasteiger partial charge is 0.482 e. The fraction of sp³-hybridized carbons (Fsp3) is 0.214. The lowest BCUT2D eigenvalue weighted by Gasteiger charge is -2.17. The molecule has 1 aromatic heterocycles. The summed E-state index contributed by atoms with van der Waals surface area (Å²) in [7, 11) is 0. The molecule has 0 saturated heterocycles. The molecule has 1 heterocycles. The first-order valence-corrected chi connectivity index (χ1v) is 14.1. The van der Waals surface area contributed by atoms with Gasteiger partial charge in [0.15, 0.2) is 6.61 Å². The zero-order valence-electron chi connectivity index (χ0n) is 20.4. The van der Waals surface area contributed by atoms with E-state index in [4.69, 9.17) is 14.8 Å². The zero-order valence-corrected chi connectivity index (χ0v) is 23.6. The Kier molecular flexibility index (Phi) is 8.85. The molecule has 38 heavy (non-hydrogen) atoms. The van der Waals surface area contributed by atoms with E-state index in [-0.39, 0.29) is 5.92 Å². The molecule has 0 radical (unpaired) electrons. The van der Waals surface area contributed by atoms with Crippen molar-refractivity contribution < 1.29 is 27.8 Å². The van der Waals surface area contributed by atoms with Crippen molar-refractivity contribution in [3.63, 3.8) is 0 Å². The van der Waals surface area contributed by atoms with Gasteiger partial charge in [-0.05, 0) is 67.4 Å². The lowest BCUT2D eigenvalue weighted by atomic mass is 9.98. The monoisotopic (exact) mass is 621 g/mol. The number of nitrogens with zero attached hydrogens (tertiary/aromatic N) is 1. The summed E-state index contributed by atoms with van der Waals surface area (Å²) in [6.07, 6.45) is -4.38. The summed E-state index contributed by atoms with van der Waals surface area (Å²) in [4.78, 5) is 17.6. The molecule has 198 valence electrons. The van der Waals surface area contributed by atoms with Gasteiger partial charge in [-0.3, -0.25) is 0 Å². The molecule has 0 fully saturated rings. The van der Waals surface area contributed by atoms with Gasteiger partial charge >= 0.3 is 12.1 Å². The molecule has 4 aromatic rings. The van der Waals surface area contributed by atoms with Crippen LogP contribution in [0.4, 0.5) is 13.2 Å². The van der Waals surface area contributed by atoms with E-state index in [1.807, 2.05) is 38.1 Å². The number of carboxylic acids is 1. The normalized spacial score (nSPS) is 12.4. The number of thiazole rings is 1. The summed E-state index contributed by atoms with van der Waals surface area (Å²) in [5.74, 6) is 0.194. The molecule has 0 aliphatic carbocycles. The van der Waals surface area contributed by atoms with Gasteiger partial charge in [-0.2, -0.15) is 13.2 Å². The molecule has 4 rings (SSSR count). The summed E-state index contributed by atoms with van der Waals surface area (Å²) < 4.78 is 45.3. The maximum absolute atomic E-state index is 13.0. The van der Waals surface area contributed by atoms with Gasteiger partial charge < -0.3 is 9.84 Å². The van der Waals surface area contributed by atoms with Gasteiger partial charge in [-0.15, -0.1) is 23.1 Å². The van der Waals surface area contributed by atoms with Crippen LogP contribution in [-0.4, -0.2) is 28.4 Å². The number of hydrogen-bond donors (Lipinski definition) is 1. The van der Waals surface area contributed by atoms with Crippen molar-refractivity contribution >= 4 is 45.0 Å². The Bertz CT molecular complexity index is 1420. The Balaban J connectivity index is 1.60. The molecule has 0 saturated carbocycles. The number of hydrogen-bond acceptors (Lipinski definition) is 5. The lowest BCUT2D eigenvalue weighted by Crippen LogP contribution is -2.10. The number of ether oxygens (including phenoxy) is 1. The number of halogens is 4. The van der Waals surface area contributed by atoms with Gasteiger partial charge in [0.2, 0.25) is 0 Å². The van der Waals surface area contributed by atoms with Crippen LogP contribution in [0.15, 0.2) is 76.1 Å². The van der Waals surface area contributed by atoms with Crippen molar-refractivity contribution in [2.45, 2.75) is 30.8 Å². The number of aliphatic carboxylic acids is 1. The number of carbonyl (C=O) groups is 1. The van der Waals surface area contributed by atoms with Crippen molar-refractivity contribution in [1.82, 2.24) is 4.98 Å². The Hall–Kier alpha value is -2.82. The van der Waals surface area contributed by atoms with Crippen molar-refractivity contribution in [2.75, 3.05) is 12.4 Å². The minimum Gasteiger partial charge on any atom is -0.482 e. The molecule has 0 aliphatic rings. The van der Waals surface area contributed by atoms with Crippen LogP contribution < -0.4 is 4.74 Å². The predicted molar refractivity (Wildman–Crippen MR) is 148 cm³/mol. The van der Waals surface area contributed by atoms with Crippen molar-refractivity contribution in [2.24, 2.45) is 0 Å². The summed E-state index contributed by atoms with van der Waals surface area (Å²) >= 11 is 6.64. The molecule has 1 N–H and O–H groups in total. The second-order valence-corrected chi connectivity index (χ2v) is 11.6. The second-order valence-electron chi connectivity index (χ2n) is 8.57. The first-order chi connectivity index (χ1) is 18.0. The number of rotatable bonds is 9. The molecule has 0 amide bonds. The number of carboxylic acid groups (broad SMARTS) is 1. The third-order valence-electron chi connectivity index (χ3n) is 5.79. The van der Waals surface area contributed by atoms with E-state index in [0.29, 0.717) is 22.1 Å². The molecule has 4 nitrogen and oxygen atoms in total. The van der Waals surface area contributed by atoms with Gasteiger partial charge in [-0.25, -0.2) is 9.78 Å². The minimum atomic E-state index is -4.38. The quantitative estimate of drug-likeness (QED) is 0.190. The second kappa shape index (κ2) is 11.9. The van der Waals surface area contributed by atoms with Gasteiger partial charge in [0.25, 0.3) is 0 Å². The molecule has 3 aromatic carbocycles. The average molecular weight is 623 g/mol. The lowest BCUT2D eigenvalue weighted by molar-refractivity contribution is -0.139. The topological polar surface area (TPSA) is 59.4 Å². The maximum Gasteiger partial charge on any atom is 0.416 e. The summed E-state index contributed by atoms with van der Waals surface area (Å²) in [6, 6.07) is 18.8. The van der Waals surface area contributed by atoms with E-state index in [9.17, 15) is 18.0 Å². The van der Waals surface area contributed by atoms with Crippen LogP contribution in [0.2, 0.25) is 0 Å². The van der Waals surface area contributed by atoms with Crippen LogP contribution in [0, 0.1) is 13.8 Å². The van der Waals surface area contributed by atoms with E-state index >= 15 is 0 Å². The highest BCUT2D eigenvalue weighted by molar-refractivity contribution is 9.10. The van der Waals surface area contributed by atoms with Crippen LogP contribution in [0.3, 0.4) is 0 Å². The fourth-order valence-electron chi connectivity index (χ4n) is 3.87. The Morgan fingerprint density at radius 2 is 1.76 bits per heavy atom. The molecular formula is C28H23BrF3NO3S2. The summed E-state index contributed by atoms with van der Waals surface area (Å²) in [5.41, 5.74) is 2.74. The van der Waals surface area contributed by atoms with E-state index in [1.165, 1.54) is 23.5 Å². The number of thioether (sulfide) groups is 1. The Labute approximate surface area is 235 Å². The SMILES string of the molecule is Cc1cc(SCC(c2ccc(Br)cc2)c2sc(-c3ccc(C(F)(F)F)cc3)nc2C)ccc1OCC(=O)O. The highest BCUT2D eigenvalue weighted by Gasteiger charge is 2.30. The number of aromatic nitrogens is 1. The predicted octanol–water partition coefficient (Wildman–Crippen LogP) is 8.60. The van der Waals surface area contributed by atoms with Crippen LogP contribution >= 0.6 is 39.0 Å². The van der Waals surface area contributed by atoms with Crippen molar-refractivity contribution in [1.29, 1.82) is 0 Å². The highest BCUT2D eigenvalue weighted by atomic mass is 79.9. The standard InChI is InChI=1S/C28H23BrF3NO3S2/c1-16-13-22(11-12-24(16)36-14-25(34)35)37-15-23(18-5-9-21(29)10-6-18)26-17(2)33-27(38-26)19-3-7-20(8-4-19)28(30,31)32/h3-13,23H,14-15H2,1-2H3,(H,34,35). The summed E-state index contributed by atoms with van der Waals surface area (Å²) in [6.45, 7) is 3.40. The molecule has 0 spiro atoms. The van der Waals surface area contributed by atoms with E-state index < -0.39 is 24.3 Å². The van der Waals surface area contributed by atoms with Crippen molar-refractivity contribution in [3.05, 3.63) is 98.5 Å². The number of alkyl halides is 3. The Morgan fingerprint density at radius 3 is 2.37 bits per heavy atom. The average Bonchev–Trinajstić information content (AvgIpc) is 3.25. The van der Waals surface area contributed by atoms with E-state index in [2.05, 4.69) is 28.1 Å². The first-order valence-electron chi connectivity index (χ1n) is 11.5. The summed E-state index contributed by atoms with van der Waals surface area (Å²) in [5, 5.41) is 9.53. The van der Waals surface area contributed by atoms with E-state index in [1.54, 1.807) is 17.8 Å². The maximum atomic E-state index is 13.0. The smallest absolute Gasteiger partial charge is 0.416 e. The fourth-order valence-corrected chi connectivity index (χ4v) is 6.58. The van der Waals surface area contributed by atoms with Crippen LogP contribution in [0.5, 0.6) is 5.75 Å². The molecule has 0 bridgehead atoms. The number of benzene rings is 3. The van der Waals surface area contributed by atoms with Crippen LogP contribution in [0.25, 0.3) is 10.6 Å². The molecule has 0 aliphatic heterocycles. The zero-order chi connectivity index (χ0) is 27.4.